The van der Waals surface area contributed by atoms with Gasteiger partial charge in [-0.15, -0.1) is 17.9 Å². The van der Waals surface area contributed by atoms with E-state index < -0.39 is 0 Å². The van der Waals surface area contributed by atoms with Crippen molar-refractivity contribution in [3.63, 3.8) is 0 Å². The van der Waals surface area contributed by atoms with Crippen LogP contribution in [0.2, 0.25) is 0 Å². The lowest BCUT2D eigenvalue weighted by Crippen LogP contribution is -2.28. The molecule has 0 saturated heterocycles. The third-order valence-corrected chi connectivity index (χ3v) is 3.87. The molecule has 0 aliphatic heterocycles. The molecule has 0 spiro atoms. The fraction of sp³-hybridized carbons (Fsp3) is 0.615. The molecule has 90 valence electrons. The predicted molar refractivity (Wildman–Crippen MR) is 71.9 cm³/mol. The number of aryl methyl sites for hydroxylation is 1. The van der Waals surface area contributed by atoms with Gasteiger partial charge in [-0.25, -0.2) is 4.98 Å². The highest BCUT2D eigenvalue weighted by Gasteiger charge is 2.12. The molecule has 0 amide bonds. The quantitative estimate of drug-likeness (QED) is 0.576. The highest BCUT2D eigenvalue weighted by molar-refractivity contribution is 7.09. The highest BCUT2D eigenvalue weighted by Crippen LogP contribution is 2.21. The van der Waals surface area contributed by atoms with Crippen molar-refractivity contribution in [3.8, 4) is 0 Å². The average Bonchev–Trinajstić information content (AvgIpc) is 2.65. The zero-order valence-electron chi connectivity index (χ0n) is 10.5. The number of thiazole rings is 1. The average molecular weight is 238 g/mol. The molecule has 2 unspecified atom stereocenters. The van der Waals surface area contributed by atoms with Crippen molar-refractivity contribution < 1.29 is 0 Å². The Balaban J connectivity index is 2.36. The Morgan fingerprint density at radius 3 is 2.88 bits per heavy atom. The van der Waals surface area contributed by atoms with E-state index in [2.05, 4.69) is 37.7 Å². The normalized spacial score (nSPS) is 14.7. The molecule has 0 aliphatic carbocycles. The van der Waals surface area contributed by atoms with Gasteiger partial charge in [0.2, 0.25) is 0 Å². The van der Waals surface area contributed by atoms with Crippen molar-refractivity contribution >= 4 is 11.3 Å². The molecule has 1 aromatic heterocycles. The second kappa shape index (κ2) is 6.81. The Morgan fingerprint density at radius 1 is 1.56 bits per heavy atom. The van der Waals surface area contributed by atoms with E-state index >= 15 is 0 Å². The molecule has 3 heteroatoms. The summed E-state index contributed by atoms with van der Waals surface area (Å²) in [5.74, 6) is 0. The van der Waals surface area contributed by atoms with Crippen LogP contribution in [0, 0.1) is 6.92 Å². The molecule has 0 aromatic carbocycles. The third kappa shape index (κ3) is 4.06. The fourth-order valence-electron chi connectivity index (χ4n) is 1.88. The summed E-state index contributed by atoms with van der Waals surface area (Å²) in [7, 11) is 0. The van der Waals surface area contributed by atoms with E-state index in [1.807, 2.05) is 11.6 Å². The third-order valence-electron chi connectivity index (χ3n) is 2.76. The highest BCUT2D eigenvalue weighted by atomic mass is 32.1. The van der Waals surface area contributed by atoms with Crippen LogP contribution in [0.1, 0.15) is 49.7 Å². The molecule has 0 bridgehead atoms. The van der Waals surface area contributed by atoms with Crippen LogP contribution in [0.3, 0.4) is 0 Å². The van der Waals surface area contributed by atoms with E-state index in [1.54, 1.807) is 11.3 Å². The number of rotatable bonds is 7. The fourth-order valence-corrected chi connectivity index (χ4v) is 2.70. The van der Waals surface area contributed by atoms with Gasteiger partial charge >= 0.3 is 0 Å². The minimum Gasteiger partial charge on any atom is -0.307 e. The van der Waals surface area contributed by atoms with E-state index in [-0.39, 0.29) is 0 Å². The van der Waals surface area contributed by atoms with Crippen LogP contribution in [0.5, 0.6) is 0 Å². The van der Waals surface area contributed by atoms with Crippen molar-refractivity contribution in [1.29, 1.82) is 0 Å². The molecule has 0 fully saturated rings. The lowest BCUT2D eigenvalue weighted by Gasteiger charge is -2.19. The first-order chi connectivity index (χ1) is 7.65. The van der Waals surface area contributed by atoms with Crippen molar-refractivity contribution in [3.05, 3.63) is 28.7 Å². The molecule has 16 heavy (non-hydrogen) atoms. The van der Waals surface area contributed by atoms with Crippen LogP contribution >= 0.6 is 11.3 Å². The van der Waals surface area contributed by atoms with Gasteiger partial charge in [-0.2, -0.15) is 0 Å². The molecule has 0 aliphatic rings. The minimum atomic E-state index is 0.409. The molecule has 1 heterocycles. The summed E-state index contributed by atoms with van der Waals surface area (Å²) in [6, 6.07) is 0.961. The van der Waals surface area contributed by atoms with Crippen molar-refractivity contribution in [2.75, 3.05) is 0 Å². The van der Waals surface area contributed by atoms with Crippen LogP contribution in [0.25, 0.3) is 0 Å². The molecule has 2 nitrogen and oxygen atoms in total. The molecule has 0 saturated carbocycles. The van der Waals surface area contributed by atoms with Gasteiger partial charge in [-0.05, 0) is 40.0 Å². The smallest absolute Gasteiger partial charge is 0.0798 e. The molecule has 1 aromatic rings. The Hall–Kier alpha value is -0.670. The lowest BCUT2D eigenvalue weighted by atomic mass is 10.1. The maximum Gasteiger partial charge on any atom is 0.0798 e. The van der Waals surface area contributed by atoms with Gasteiger partial charge in [0.05, 0.1) is 11.2 Å². The summed E-state index contributed by atoms with van der Waals surface area (Å²) >= 11 is 1.74. The van der Waals surface area contributed by atoms with Gasteiger partial charge in [-0.1, -0.05) is 6.08 Å². The SMILES string of the molecule is C=CCCCC(C)NC(C)c1scnc1C. The Kier molecular flexibility index (Phi) is 5.71. The second-order valence-corrected chi connectivity index (χ2v) is 5.20. The van der Waals surface area contributed by atoms with Gasteiger partial charge in [0.1, 0.15) is 0 Å². The monoisotopic (exact) mass is 238 g/mol. The molecule has 2 atom stereocenters. The van der Waals surface area contributed by atoms with E-state index in [0.717, 1.165) is 12.1 Å². The van der Waals surface area contributed by atoms with E-state index in [1.165, 1.54) is 17.7 Å². The number of unbranched alkanes of at least 4 members (excludes halogenated alkanes) is 1. The zero-order chi connectivity index (χ0) is 12.0. The largest absolute Gasteiger partial charge is 0.307 e. The number of nitrogens with one attached hydrogen (secondary N) is 1. The number of hydrogen-bond acceptors (Lipinski definition) is 3. The van der Waals surface area contributed by atoms with Crippen LogP contribution in [0.15, 0.2) is 18.2 Å². The first-order valence-corrected chi connectivity index (χ1v) is 6.80. The van der Waals surface area contributed by atoms with E-state index in [0.29, 0.717) is 12.1 Å². The van der Waals surface area contributed by atoms with Gasteiger partial charge in [0.25, 0.3) is 0 Å². The van der Waals surface area contributed by atoms with Gasteiger partial charge in [0, 0.05) is 17.0 Å². The number of nitrogens with zero attached hydrogens (tertiary/aromatic N) is 1. The minimum absolute atomic E-state index is 0.409. The number of allylic oxidation sites excluding steroid dienone is 1. The summed E-state index contributed by atoms with van der Waals surface area (Å²) in [6.45, 7) is 10.3. The molecule has 1 rings (SSSR count). The Morgan fingerprint density at radius 2 is 2.31 bits per heavy atom. The maximum absolute atomic E-state index is 4.29. The van der Waals surface area contributed by atoms with E-state index in [4.69, 9.17) is 0 Å². The maximum atomic E-state index is 4.29. The Bertz CT molecular complexity index is 319. The van der Waals surface area contributed by atoms with Crippen LogP contribution in [-0.2, 0) is 0 Å². The standard InChI is InChI=1S/C13H22N2S/c1-5-6-7-8-10(2)15-12(4)13-11(3)14-9-16-13/h5,9-10,12,15H,1,6-8H2,2-4H3. The topological polar surface area (TPSA) is 24.9 Å². The van der Waals surface area contributed by atoms with Crippen LogP contribution in [0.4, 0.5) is 0 Å². The zero-order valence-corrected chi connectivity index (χ0v) is 11.3. The molecule has 1 N–H and O–H groups in total. The summed E-state index contributed by atoms with van der Waals surface area (Å²) in [6.07, 6.45) is 5.52. The first-order valence-electron chi connectivity index (χ1n) is 5.92. The van der Waals surface area contributed by atoms with Gasteiger partial charge < -0.3 is 5.32 Å². The summed E-state index contributed by atoms with van der Waals surface area (Å²) in [5, 5.41) is 3.62. The summed E-state index contributed by atoms with van der Waals surface area (Å²) in [4.78, 5) is 5.64. The summed E-state index contributed by atoms with van der Waals surface area (Å²) < 4.78 is 0. The Labute approximate surface area is 103 Å². The van der Waals surface area contributed by atoms with Crippen LogP contribution in [-0.4, -0.2) is 11.0 Å². The van der Waals surface area contributed by atoms with Gasteiger partial charge in [0.15, 0.2) is 0 Å². The van der Waals surface area contributed by atoms with Crippen molar-refractivity contribution in [2.45, 2.75) is 52.1 Å². The molecule has 0 radical (unpaired) electrons. The molecular formula is C13H22N2S. The molecular weight excluding hydrogens is 216 g/mol. The number of hydrogen-bond donors (Lipinski definition) is 1. The summed E-state index contributed by atoms with van der Waals surface area (Å²) in [5.41, 5.74) is 3.08. The van der Waals surface area contributed by atoms with Crippen molar-refractivity contribution in [1.82, 2.24) is 10.3 Å². The first kappa shape index (κ1) is 13.4. The second-order valence-electron chi connectivity index (χ2n) is 4.31. The lowest BCUT2D eigenvalue weighted by molar-refractivity contribution is 0.450. The number of aromatic nitrogens is 1. The van der Waals surface area contributed by atoms with Crippen molar-refractivity contribution in [2.24, 2.45) is 0 Å². The predicted octanol–water partition coefficient (Wildman–Crippen LogP) is 3.85. The van der Waals surface area contributed by atoms with Crippen LogP contribution < -0.4 is 5.32 Å². The van der Waals surface area contributed by atoms with E-state index in [9.17, 15) is 0 Å². The van der Waals surface area contributed by atoms with Gasteiger partial charge in [-0.3, -0.25) is 0 Å².